The summed E-state index contributed by atoms with van der Waals surface area (Å²) in [7, 11) is 0. The molecule has 0 aromatic heterocycles. The second-order valence-corrected chi connectivity index (χ2v) is 3.67. The number of unbranched alkanes of at least 4 members (excludes halogenated alkanes) is 4. The number of aliphatic hydroxyl groups excluding tert-OH is 1. The SMILES string of the molecule is CCCCNC(=O)NCCCCCCO. The monoisotopic (exact) mass is 216 g/mol. The topological polar surface area (TPSA) is 61.4 Å². The number of rotatable bonds is 9. The average molecular weight is 216 g/mol. The molecule has 0 rings (SSSR count). The van der Waals surface area contributed by atoms with Crippen LogP contribution in [-0.2, 0) is 0 Å². The molecular formula is C11H24N2O2. The Kier molecular flexibility index (Phi) is 10.7. The van der Waals surface area contributed by atoms with Gasteiger partial charge in [0.1, 0.15) is 0 Å². The maximum absolute atomic E-state index is 11.1. The molecule has 4 nitrogen and oxygen atoms in total. The van der Waals surface area contributed by atoms with Crippen LogP contribution in [0.5, 0.6) is 0 Å². The van der Waals surface area contributed by atoms with Crippen LogP contribution >= 0.6 is 0 Å². The Morgan fingerprint density at radius 1 is 1.00 bits per heavy atom. The van der Waals surface area contributed by atoms with Crippen LogP contribution in [0.4, 0.5) is 4.79 Å². The van der Waals surface area contributed by atoms with E-state index in [0.29, 0.717) is 0 Å². The normalized spacial score (nSPS) is 10.0. The Morgan fingerprint density at radius 2 is 1.60 bits per heavy atom. The molecule has 0 aliphatic carbocycles. The molecule has 0 saturated heterocycles. The van der Waals surface area contributed by atoms with E-state index in [1.165, 1.54) is 0 Å². The standard InChI is InChI=1S/C11H24N2O2/c1-2-3-8-12-11(15)13-9-6-4-5-7-10-14/h14H,2-10H2,1H3,(H2,12,13,15). The van der Waals surface area contributed by atoms with Gasteiger partial charge in [0.15, 0.2) is 0 Å². The zero-order chi connectivity index (χ0) is 11.4. The van der Waals surface area contributed by atoms with Crippen molar-refractivity contribution in [1.29, 1.82) is 0 Å². The first-order valence-electron chi connectivity index (χ1n) is 5.93. The lowest BCUT2D eigenvalue weighted by Gasteiger charge is -2.06. The zero-order valence-electron chi connectivity index (χ0n) is 9.72. The van der Waals surface area contributed by atoms with Gasteiger partial charge in [-0.15, -0.1) is 0 Å². The quantitative estimate of drug-likeness (QED) is 0.513. The fourth-order valence-electron chi connectivity index (χ4n) is 1.23. The first-order chi connectivity index (χ1) is 7.31. The largest absolute Gasteiger partial charge is 0.396 e. The summed E-state index contributed by atoms with van der Waals surface area (Å²) in [6.45, 7) is 3.85. The molecule has 2 amide bonds. The molecular weight excluding hydrogens is 192 g/mol. The molecule has 0 spiro atoms. The van der Waals surface area contributed by atoms with Crippen LogP contribution in [0.25, 0.3) is 0 Å². The number of aliphatic hydroxyl groups is 1. The van der Waals surface area contributed by atoms with Crippen molar-refractivity contribution < 1.29 is 9.90 Å². The summed E-state index contributed by atoms with van der Waals surface area (Å²) in [5, 5.41) is 14.2. The van der Waals surface area contributed by atoms with Crippen LogP contribution < -0.4 is 10.6 Å². The Labute approximate surface area is 92.4 Å². The minimum atomic E-state index is -0.0643. The van der Waals surface area contributed by atoms with Crippen LogP contribution in [0.1, 0.15) is 45.4 Å². The molecule has 0 aromatic rings. The highest BCUT2D eigenvalue weighted by atomic mass is 16.2. The fraction of sp³-hybridized carbons (Fsp3) is 0.909. The smallest absolute Gasteiger partial charge is 0.314 e. The van der Waals surface area contributed by atoms with Crippen molar-refractivity contribution in [3.8, 4) is 0 Å². The molecule has 0 atom stereocenters. The third kappa shape index (κ3) is 11.2. The van der Waals surface area contributed by atoms with Crippen LogP contribution in [0.3, 0.4) is 0 Å². The number of urea groups is 1. The Morgan fingerprint density at radius 3 is 2.20 bits per heavy atom. The summed E-state index contributed by atoms with van der Waals surface area (Å²) >= 11 is 0. The molecule has 0 heterocycles. The van der Waals surface area contributed by atoms with Crippen LogP contribution in [-0.4, -0.2) is 30.8 Å². The first-order valence-corrected chi connectivity index (χ1v) is 5.93. The molecule has 0 fully saturated rings. The summed E-state index contributed by atoms with van der Waals surface area (Å²) in [4.78, 5) is 11.1. The van der Waals surface area contributed by atoms with Crippen LogP contribution in [0.15, 0.2) is 0 Å². The van der Waals surface area contributed by atoms with E-state index in [2.05, 4.69) is 17.6 Å². The van der Waals surface area contributed by atoms with E-state index in [9.17, 15) is 4.79 Å². The predicted octanol–water partition coefficient (Wildman–Crippen LogP) is 1.64. The second-order valence-electron chi connectivity index (χ2n) is 3.67. The van der Waals surface area contributed by atoms with E-state index in [1.807, 2.05) is 0 Å². The third-order valence-corrected chi connectivity index (χ3v) is 2.19. The van der Waals surface area contributed by atoms with Crippen molar-refractivity contribution in [3.63, 3.8) is 0 Å². The van der Waals surface area contributed by atoms with Gasteiger partial charge in [-0.3, -0.25) is 0 Å². The maximum Gasteiger partial charge on any atom is 0.314 e. The van der Waals surface area contributed by atoms with Gasteiger partial charge in [-0.2, -0.15) is 0 Å². The molecule has 0 saturated carbocycles. The lowest BCUT2D eigenvalue weighted by molar-refractivity contribution is 0.240. The van der Waals surface area contributed by atoms with E-state index >= 15 is 0 Å². The number of hydrogen-bond donors (Lipinski definition) is 3. The van der Waals surface area contributed by atoms with Crippen molar-refractivity contribution in [1.82, 2.24) is 10.6 Å². The number of hydrogen-bond acceptors (Lipinski definition) is 2. The zero-order valence-corrected chi connectivity index (χ0v) is 9.72. The summed E-state index contributed by atoms with van der Waals surface area (Å²) in [5.74, 6) is 0. The van der Waals surface area contributed by atoms with E-state index in [-0.39, 0.29) is 12.6 Å². The number of nitrogens with one attached hydrogen (secondary N) is 2. The third-order valence-electron chi connectivity index (χ3n) is 2.19. The van der Waals surface area contributed by atoms with E-state index in [4.69, 9.17) is 5.11 Å². The summed E-state index contributed by atoms with van der Waals surface area (Å²) in [6, 6.07) is -0.0643. The van der Waals surface area contributed by atoms with Crippen molar-refractivity contribution >= 4 is 6.03 Å². The lowest BCUT2D eigenvalue weighted by Crippen LogP contribution is -2.36. The summed E-state index contributed by atoms with van der Waals surface area (Å²) in [6.07, 6.45) is 6.08. The van der Waals surface area contributed by atoms with Crippen molar-refractivity contribution in [2.45, 2.75) is 45.4 Å². The van der Waals surface area contributed by atoms with Crippen molar-refractivity contribution in [2.24, 2.45) is 0 Å². The second kappa shape index (κ2) is 11.3. The van der Waals surface area contributed by atoms with Gasteiger partial charge >= 0.3 is 6.03 Å². The molecule has 0 radical (unpaired) electrons. The molecule has 15 heavy (non-hydrogen) atoms. The van der Waals surface area contributed by atoms with Gasteiger partial charge < -0.3 is 15.7 Å². The van der Waals surface area contributed by atoms with Gasteiger partial charge in [-0.05, 0) is 19.3 Å². The highest BCUT2D eigenvalue weighted by molar-refractivity contribution is 5.73. The maximum atomic E-state index is 11.1. The van der Waals surface area contributed by atoms with Gasteiger partial charge in [0, 0.05) is 19.7 Å². The van der Waals surface area contributed by atoms with Gasteiger partial charge in [0.25, 0.3) is 0 Å². The minimum absolute atomic E-state index is 0.0643. The number of amides is 2. The Balaban J connectivity index is 3.10. The molecule has 0 unspecified atom stereocenters. The Hall–Kier alpha value is -0.770. The van der Waals surface area contributed by atoms with Crippen molar-refractivity contribution in [3.05, 3.63) is 0 Å². The molecule has 0 aliphatic rings. The highest BCUT2D eigenvalue weighted by Crippen LogP contribution is 1.97. The molecule has 0 aromatic carbocycles. The van der Waals surface area contributed by atoms with E-state index in [1.54, 1.807) is 0 Å². The lowest BCUT2D eigenvalue weighted by atomic mass is 10.2. The van der Waals surface area contributed by atoms with Gasteiger partial charge in [-0.1, -0.05) is 26.2 Å². The molecule has 3 N–H and O–H groups in total. The average Bonchev–Trinajstić information content (AvgIpc) is 2.23. The van der Waals surface area contributed by atoms with Gasteiger partial charge in [0.05, 0.1) is 0 Å². The predicted molar refractivity (Wildman–Crippen MR) is 61.9 cm³/mol. The van der Waals surface area contributed by atoms with Crippen molar-refractivity contribution in [2.75, 3.05) is 19.7 Å². The van der Waals surface area contributed by atoms with E-state index in [0.717, 1.165) is 51.6 Å². The number of carbonyl (C=O) groups excluding carboxylic acids is 1. The van der Waals surface area contributed by atoms with Gasteiger partial charge in [-0.25, -0.2) is 4.79 Å². The fourth-order valence-corrected chi connectivity index (χ4v) is 1.23. The first kappa shape index (κ1) is 14.2. The molecule has 4 heteroatoms. The molecule has 0 bridgehead atoms. The Bertz CT molecular complexity index is 152. The summed E-state index contributed by atoms with van der Waals surface area (Å²) < 4.78 is 0. The molecule has 90 valence electrons. The number of carbonyl (C=O) groups is 1. The van der Waals surface area contributed by atoms with Gasteiger partial charge in [0.2, 0.25) is 0 Å². The van der Waals surface area contributed by atoms with Crippen LogP contribution in [0, 0.1) is 0 Å². The molecule has 0 aliphatic heterocycles. The van der Waals surface area contributed by atoms with E-state index < -0.39 is 0 Å². The van der Waals surface area contributed by atoms with Crippen LogP contribution in [0.2, 0.25) is 0 Å². The summed E-state index contributed by atoms with van der Waals surface area (Å²) in [5.41, 5.74) is 0. The highest BCUT2D eigenvalue weighted by Gasteiger charge is 1.97. The minimum Gasteiger partial charge on any atom is -0.396 e.